The van der Waals surface area contributed by atoms with E-state index in [0.29, 0.717) is 0 Å². The van der Waals surface area contributed by atoms with Crippen molar-refractivity contribution in [2.75, 3.05) is 6.61 Å². The van der Waals surface area contributed by atoms with Crippen LogP contribution in [0.15, 0.2) is 11.0 Å². The third kappa shape index (κ3) is 1.39. The first-order valence-electron chi connectivity index (χ1n) is 3.58. The fraction of sp³-hybridized carbons (Fsp3) is 0.429. The highest BCUT2D eigenvalue weighted by Crippen LogP contribution is 1.91. The van der Waals surface area contributed by atoms with Crippen LogP contribution in [0, 0.1) is 0 Å². The lowest BCUT2D eigenvalue weighted by Gasteiger charge is -1.95. The Balaban J connectivity index is 2.96. The molecule has 1 heterocycles. The van der Waals surface area contributed by atoms with E-state index in [0.717, 1.165) is 0 Å². The van der Waals surface area contributed by atoms with Gasteiger partial charge in [0.1, 0.15) is 5.56 Å². The lowest BCUT2D eigenvalue weighted by Crippen LogP contribution is -2.20. The van der Waals surface area contributed by atoms with E-state index in [1.807, 2.05) is 0 Å². The van der Waals surface area contributed by atoms with Crippen molar-refractivity contribution in [3.8, 4) is 0 Å². The molecule has 0 unspecified atom stereocenters. The molecule has 0 aliphatic rings. The Morgan fingerprint density at radius 2 is 2.42 bits per heavy atom. The van der Waals surface area contributed by atoms with Gasteiger partial charge in [0.25, 0.3) is 5.56 Å². The van der Waals surface area contributed by atoms with Gasteiger partial charge >= 0.3 is 5.97 Å². The van der Waals surface area contributed by atoms with Gasteiger partial charge in [0.2, 0.25) is 0 Å². The largest absolute Gasteiger partial charge is 0.462 e. The molecule has 0 radical (unpaired) electrons. The highest BCUT2D eigenvalue weighted by molar-refractivity contribution is 5.88. The molecular formula is C7H10N2O3. The van der Waals surface area contributed by atoms with Crippen LogP contribution in [0.3, 0.4) is 0 Å². The van der Waals surface area contributed by atoms with Crippen molar-refractivity contribution in [3.05, 3.63) is 22.1 Å². The molecule has 0 atom stereocenters. The zero-order chi connectivity index (χ0) is 9.14. The number of hydrogen-bond acceptors (Lipinski definition) is 3. The van der Waals surface area contributed by atoms with Crippen LogP contribution in [0.2, 0.25) is 0 Å². The Kier molecular flexibility index (Phi) is 2.32. The predicted molar refractivity (Wildman–Crippen MR) is 42.0 cm³/mol. The van der Waals surface area contributed by atoms with Gasteiger partial charge in [0.15, 0.2) is 0 Å². The molecule has 0 bridgehead atoms. The lowest BCUT2D eigenvalue weighted by molar-refractivity contribution is 0.0524. The predicted octanol–water partition coefficient (Wildman–Crippen LogP) is -0.110. The molecule has 1 rings (SSSR count). The van der Waals surface area contributed by atoms with E-state index in [1.54, 1.807) is 6.92 Å². The van der Waals surface area contributed by atoms with E-state index < -0.39 is 5.97 Å². The van der Waals surface area contributed by atoms with E-state index in [1.165, 1.54) is 17.9 Å². The molecule has 0 amide bonds. The number of esters is 1. The number of H-pyrrole nitrogens is 1. The molecular weight excluding hydrogens is 160 g/mol. The summed E-state index contributed by atoms with van der Waals surface area (Å²) in [4.78, 5) is 22.1. The zero-order valence-corrected chi connectivity index (χ0v) is 6.96. The van der Waals surface area contributed by atoms with Crippen LogP contribution < -0.4 is 5.56 Å². The van der Waals surface area contributed by atoms with Crippen molar-refractivity contribution in [2.24, 2.45) is 7.05 Å². The first-order valence-corrected chi connectivity index (χ1v) is 3.58. The summed E-state index contributed by atoms with van der Waals surface area (Å²) in [5, 5.41) is 2.58. The molecule has 5 heteroatoms. The average Bonchev–Trinajstić information content (AvgIpc) is 2.34. The number of aryl methyl sites for hydroxylation is 1. The zero-order valence-electron chi connectivity index (χ0n) is 6.96. The smallest absolute Gasteiger partial charge is 0.345 e. The molecule has 1 aromatic heterocycles. The molecule has 0 saturated carbocycles. The number of aromatic amines is 1. The number of carbonyl (C=O) groups is 1. The first-order chi connectivity index (χ1) is 5.66. The molecule has 1 aromatic rings. The highest BCUT2D eigenvalue weighted by Gasteiger charge is 2.13. The lowest BCUT2D eigenvalue weighted by atomic mass is 10.4. The Bertz CT molecular complexity index is 337. The molecule has 0 fully saturated rings. The Morgan fingerprint density at radius 3 is 2.83 bits per heavy atom. The van der Waals surface area contributed by atoms with Crippen molar-refractivity contribution in [1.29, 1.82) is 0 Å². The van der Waals surface area contributed by atoms with Crippen LogP contribution in [0.25, 0.3) is 0 Å². The van der Waals surface area contributed by atoms with Gasteiger partial charge in [-0.15, -0.1) is 0 Å². The average molecular weight is 170 g/mol. The minimum atomic E-state index is -0.584. The quantitative estimate of drug-likeness (QED) is 0.630. The number of aromatic nitrogens is 2. The molecule has 66 valence electrons. The molecule has 5 nitrogen and oxygen atoms in total. The number of ether oxygens (including phenoxy) is 1. The number of carbonyl (C=O) groups excluding carboxylic acids is 1. The van der Waals surface area contributed by atoms with Gasteiger partial charge in [-0.2, -0.15) is 0 Å². The SMILES string of the molecule is CCOC(=O)c1c[nH]n(C)c1=O. The molecule has 1 N–H and O–H groups in total. The molecule has 12 heavy (non-hydrogen) atoms. The van der Waals surface area contributed by atoms with Crippen molar-refractivity contribution < 1.29 is 9.53 Å². The van der Waals surface area contributed by atoms with E-state index in [4.69, 9.17) is 0 Å². The van der Waals surface area contributed by atoms with Gasteiger partial charge in [-0.1, -0.05) is 0 Å². The Hall–Kier alpha value is -1.52. The van der Waals surface area contributed by atoms with Crippen molar-refractivity contribution in [2.45, 2.75) is 6.92 Å². The normalized spacial score (nSPS) is 9.83. The molecule has 0 aromatic carbocycles. The maximum absolute atomic E-state index is 11.1. The summed E-state index contributed by atoms with van der Waals surface area (Å²) in [5.41, 5.74) is -0.326. The second-order valence-corrected chi connectivity index (χ2v) is 2.27. The summed E-state index contributed by atoms with van der Waals surface area (Å²) in [6.07, 6.45) is 1.33. The standard InChI is InChI=1S/C7H10N2O3/c1-3-12-7(11)5-4-8-9(2)6(5)10/h4,8H,3H2,1-2H3. The first kappa shape index (κ1) is 8.58. The summed E-state index contributed by atoms with van der Waals surface area (Å²) < 4.78 is 5.86. The topological polar surface area (TPSA) is 64.1 Å². The van der Waals surface area contributed by atoms with Crippen molar-refractivity contribution >= 4 is 5.97 Å². The molecule has 0 aliphatic carbocycles. The Morgan fingerprint density at radius 1 is 1.75 bits per heavy atom. The fourth-order valence-corrected chi connectivity index (χ4v) is 0.817. The van der Waals surface area contributed by atoms with Crippen LogP contribution in [0.5, 0.6) is 0 Å². The monoisotopic (exact) mass is 170 g/mol. The number of hydrogen-bond donors (Lipinski definition) is 1. The minimum absolute atomic E-state index is 0.0411. The van der Waals surface area contributed by atoms with Crippen LogP contribution >= 0.6 is 0 Å². The Labute approximate surface area is 68.9 Å². The van der Waals surface area contributed by atoms with Crippen LogP contribution in [-0.2, 0) is 11.8 Å². The number of rotatable bonds is 2. The van der Waals surface area contributed by atoms with Gasteiger partial charge in [-0.3, -0.25) is 9.48 Å². The minimum Gasteiger partial charge on any atom is -0.462 e. The van der Waals surface area contributed by atoms with Crippen LogP contribution in [-0.4, -0.2) is 22.4 Å². The van der Waals surface area contributed by atoms with Gasteiger partial charge in [-0.25, -0.2) is 4.79 Å². The van der Waals surface area contributed by atoms with Gasteiger partial charge in [-0.05, 0) is 6.92 Å². The maximum atomic E-state index is 11.1. The van der Waals surface area contributed by atoms with Crippen LogP contribution in [0.4, 0.5) is 0 Å². The van der Waals surface area contributed by atoms with E-state index in [2.05, 4.69) is 9.84 Å². The second kappa shape index (κ2) is 3.25. The van der Waals surface area contributed by atoms with Gasteiger partial charge in [0.05, 0.1) is 6.61 Å². The summed E-state index contributed by atoms with van der Waals surface area (Å²) in [7, 11) is 1.53. The summed E-state index contributed by atoms with van der Waals surface area (Å²) in [6, 6.07) is 0. The number of nitrogens with zero attached hydrogens (tertiary/aromatic N) is 1. The van der Waals surface area contributed by atoms with E-state index >= 15 is 0 Å². The highest BCUT2D eigenvalue weighted by atomic mass is 16.5. The number of nitrogens with one attached hydrogen (secondary N) is 1. The fourth-order valence-electron chi connectivity index (χ4n) is 0.817. The maximum Gasteiger partial charge on any atom is 0.345 e. The molecule has 0 saturated heterocycles. The third-order valence-corrected chi connectivity index (χ3v) is 1.43. The summed E-state index contributed by atoms with van der Waals surface area (Å²) in [6.45, 7) is 1.96. The van der Waals surface area contributed by atoms with Crippen molar-refractivity contribution in [3.63, 3.8) is 0 Å². The molecule has 0 aliphatic heterocycles. The van der Waals surface area contributed by atoms with Gasteiger partial charge < -0.3 is 9.84 Å². The molecule has 0 spiro atoms. The summed E-state index contributed by atoms with van der Waals surface area (Å²) >= 11 is 0. The third-order valence-electron chi connectivity index (χ3n) is 1.43. The van der Waals surface area contributed by atoms with Crippen molar-refractivity contribution in [1.82, 2.24) is 9.78 Å². The van der Waals surface area contributed by atoms with E-state index in [9.17, 15) is 9.59 Å². The van der Waals surface area contributed by atoms with Gasteiger partial charge in [0, 0.05) is 13.2 Å². The van der Waals surface area contributed by atoms with E-state index in [-0.39, 0.29) is 17.7 Å². The summed E-state index contributed by atoms with van der Waals surface area (Å²) in [5.74, 6) is -0.584. The second-order valence-electron chi connectivity index (χ2n) is 2.27. The van der Waals surface area contributed by atoms with Crippen LogP contribution in [0.1, 0.15) is 17.3 Å².